The van der Waals surface area contributed by atoms with E-state index in [1.165, 1.54) is 6.07 Å². The van der Waals surface area contributed by atoms with E-state index >= 15 is 0 Å². The molecule has 0 saturated carbocycles. The van der Waals surface area contributed by atoms with Crippen molar-refractivity contribution in [3.8, 4) is 0 Å². The third-order valence-corrected chi connectivity index (χ3v) is 6.21. The summed E-state index contributed by atoms with van der Waals surface area (Å²) in [7, 11) is 0. The zero-order valence-electron chi connectivity index (χ0n) is 17.0. The van der Waals surface area contributed by atoms with Crippen LogP contribution in [0.5, 0.6) is 0 Å². The maximum absolute atomic E-state index is 13.2. The van der Waals surface area contributed by atoms with Crippen molar-refractivity contribution >= 4 is 29.1 Å². The van der Waals surface area contributed by atoms with Gasteiger partial charge in [-0.25, -0.2) is 0 Å². The van der Waals surface area contributed by atoms with Crippen LogP contribution in [0.25, 0.3) is 0 Å². The molecular weight excluding hydrogens is 411 g/mol. The van der Waals surface area contributed by atoms with Crippen molar-refractivity contribution in [2.45, 2.75) is 38.3 Å². The molecule has 4 rings (SSSR count). The second kappa shape index (κ2) is 8.36. The average molecular weight is 435 g/mol. The molecule has 1 aliphatic carbocycles. The number of rotatable bonds is 5. The fourth-order valence-corrected chi connectivity index (χ4v) is 4.56. The zero-order chi connectivity index (χ0) is 22.2. The minimum absolute atomic E-state index is 0.0749. The summed E-state index contributed by atoms with van der Waals surface area (Å²) in [5.41, 5.74) is -0.199. The lowest BCUT2D eigenvalue weighted by Gasteiger charge is -2.23. The van der Waals surface area contributed by atoms with Gasteiger partial charge in [0.15, 0.2) is 0 Å². The van der Waals surface area contributed by atoms with Crippen LogP contribution < -0.4 is 10.2 Å². The van der Waals surface area contributed by atoms with Crippen molar-refractivity contribution in [2.75, 3.05) is 29.9 Å². The molecule has 0 spiro atoms. The van der Waals surface area contributed by atoms with Gasteiger partial charge in [0.25, 0.3) is 0 Å². The summed E-state index contributed by atoms with van der Waals surface area (Å²) in [6, 6.07) is 3.34. The molecular formula is C22H24F3N3O3. The number of carbonyl (C=O) groups is 3. The number of anilines is 2. The van der Waals surface area contributed by atoms with Crippen LogP contribution in [0.4, 0.5) is 24.5 Å². The Morgan fingerprint density at radius 3 is 2.23 bits per heavy atom. The first-order valence-corrected chi connectivity index (χ1v) is 10.5. The van der Waals surface area contributed by atoms with Gasteiger partial charge in [-0.15, -0.1) is 0 Å². The van der Waals surface area contributed by atoms with Crippen molar-refractivity contribution in [3.05, 3.63) is 35.9 Å². The summed E-state index contributed by atoms with van der Waals surface area (Å²) in [4.78, 5) is 40.6. The fraction of sp³-hybridized carbons (Fsp3) is 0.500. The number of nitrogens with zero attached hydrogens (tertiary/aromatic N) is 2. The number of imide groups is 1. The van der Waals surface area contributed by atoms with Crippen LogP contribution in [-0.2, 0) is 20.6 Å². The highest BCUT2D eigenvalue weighted by Gasteiger charge is 2.46. The van der Waals surface area contributed by atoms with E-state index in [1.54, 1.807) is 0 Å². The van der Waals surface area contributed by atoms with Crippen molar-refractivity contribution in [1.82, 2.24) is 4.90 Å². The Labute approximate surface area is 178 Å². The molecule has 0 bridgehead atoms. The molecule has 6 nitrogen and oxygen atoms in total. The number of nitrogens with one attached hydrogen (secondary N) is 1. The molecule has 2 aliphatic heterocycles. The van der Waals surface area contributed by atoms with Crippen LogP contribution in [0.2, 0.25) is 0 Å². The number of amides is 3. The van der Waals surface area contributed by atoms with E-state index in [-0.39, 0.29) is 42.3 Å². The van der Waals surface area contributed by atoms with Gasteiger partial charge in [-0.1, -0.05) is 12.2 Å². The first-order chi connectivity index (χ1) is 14.8. The SMILES string of the molecule is O=C(CCN1C(=O)[C@H]2CC=CC[C@@H]2C1=O)Nc1cc(C(F)(F)F)ccc1N1CCCC1. The van der Waals surface area contributed by atoms with Gasteiger partial charge in [0.2, 0.25) is 17.7 Å². The average Bonchev–Trinajstić information content (AvgIpc) is 3.34. The van der Waals surface area contributed by atoms with E-state index < -0.39 is 17.6 Å². The van der Waals surface area contributed by atoms with Crippen molar-refractivity contribution in [3.63, 3.8) is 0 Å². The molecule has 9 heteroatoms. The topological polar surface area (TPSA) is 69.7 Å². The summed E-state index contributed by atoms with van der Waals surface area (Å²) < 4.78 is 39.6. The van der Waals surface area contributed by atoms with Gasteiger partial charge in [-0.3, -0.25) is 19.3 Å². The Balaban J connectivity index is 1.45. The van der Waals surface area contributed by atoms with Crippen LogP contribution in [0.15, 0.2) is 30.4 Å². The number of benzene rings is 1. The lowest BCUT2D eigenvalue weighted by atomic mass is 9.85. The van der Waals surface area contributed by atoms with E-state index in [9.17, 15) is 27.6 Å². The van der Waals surface area contributed by atoms with Crippen molar-refractivity contribution in [2.24, 2.45) is 11.8 Å². The largest absolute Gasteiger partial charge is 0.416 e. The number of fused-ring (bicyclic) bond motifs is 1. The lowest BCUT2D eigenvalue weighted by molar-refractivity contribution is -0.140. The van der Waals surface area contributed by atoms with Crippen LogP contribution >= 0.6 is 0 Å². The Bertz CT molecular complexity index is 896. The molecule has 1 N–H and O–H groups in total. The lowest BCUT2D eigenvalue weighted by Crippen LogP contribution is -2.34. The van der Waals surface area contributed by atoms with E-state index in [2.05, 4.69) is 5.32 Å². The van der Waals surface area contributed by atoms with Gasteiger partial charge in [-0.05, 0) is 43.9 Å². The molecule has 31 heavy (non-hydrogen) atoms. The second-order valence-electron chi connectivity index (χ2n) is 8.21. The maximum Gasteiger partial charge on any atom is 0.416 e. The van der Waals surface area contributed by atoms with E-state index in [0.29, 0.717) is 31.6 Å². The quantitative estimate of drug-likeness (QED) is 0.567. The van der Waals surface area contributed by atoms with Crippen LogP contribution in [0.1, 0.15) is 37.7 Å². The van der Waals surface area contributed by atoms with Crippen LogP contribution in [0.3, 0.4) is 0 Å². The van der Waals surface area contributed by atoms with Gasteiger partial charge in [0.05, 0.1) is 28.8 Å². The minimum atomic E-state index is -4.53. The predicted octanol–water partition coefficient (Wildman–Crippen LogP) is 3.59. The maximum atomic E-state index is 13.2. The molecule has 2 fully saturated rings. The molecule has 2 heterocycles. The molecule has 3 aliphatic rings. The van der Waals surface area contributed by atoms with Gasteiger partial charge >= 0.3 is 6.18 Å². The number of halogens is 3. The fourth-order valence-electron chi connectivity index (χ4n) is 4.56. The molecule has 3 amide bonds. The second-order valence-corrected chi connectivity index (χ2v) is 8.21. The van der Waals surface area contributed by atoms with Crippen LogP contribution in [-0.4, -0.2) is 42.3 Å². The Kier molecular flexibility index (Phi) is 5.77. The Hall–Kier alpha value is -2.84. The number of hydrogen-bond acceptors (Lipinski definition) is 4. The number of hydrogen-bond donors (Lipinski definition) is 1. The zero-order valence-corrected chi connectivity index (χ0v) is 17.0. The first kappa shape index (κ1) is 21.4. The molecule has 0 unspecified atom stereocenters. The van der Waals surface area contributed by atoms with Crippen LogP contribution in [0, 0.1) is 11.8 Å². The minimum Gasteiger partial charge on any atom is -0.370 e. The highest BCUT2D eigenvalue weighted by Crippen LogP contribution is 2.37. The monoisotopic (exact) mass is 435 g/mol. The predicted molar refractivity (Wildman–Crippen MR) is 108 cm³/mol. The van der Waals surface area contributed by atoms with Gasteiger partial charge in [-0.2, -0.15) is 13.2 Å². The molecule has 0 aromatic heterocycles. The molecule has 0 radical (unpaired) electrons. The normalized spacial score (nSPS) is 23.5. The summed E-state index contributed by atoms with van der Waals surface area (Å²) in [5.74, 6) is -1.82. The number of carbonyl (C=O) groups excluding carboxylic acids is 3. The van der Waals surface area contributed by atoms with Crippen molar-refractivity contribution < 1.29 is 27.6 Å². The third kappa shape index (κ3) is 4.31. The third-order valence-electron chi connectivity index (χ3n) is 6.21. The van der Waals surface area contributed by atoms with Gasteiger partial charge < -0.3 is 10.2 Å². The summed E-state index contributed by atoms with van der Waals surface area (Å²) >= 11 is 0. The highest BCUT2D eigenvalue weighted by atomic mass is 19.4. The van der Waals surface area contributed by atoms with Gasteiger partial charge in [0, 0.05) is 26.1 Å². The highest BCUT2D eigenvalue weighted by molar-refractivity contribution is 6.06. The van der Waals surface area contributed by atoms with E-state index in [1.807, 2.05) is 17.1 Å². The summed E-state index contributed by atoms with van der Waals surface area (Å²) in [6.45, 7) is 1.35. The van der Waals surface area contributed by atoms with E-state index in [4.69, 9.17) is 0 Å². The number of likely N-dealkylation sites (tertiary alicyclic amines) is 1. The Morgan fingerprint density at radius 1 is 1.03 bits per heavy atom. The smallest absolute Gasteiger partial charge is 0.370 e. The van der Waals surface area contributed by atoms with E-state index in [0.717, 1.165) is 29.9 Å². The number of alkyl halides is 3. The molecule has 2 saturated heterocycles. The molecule has 1 aromatic rings. The molecule has 1 aromatic carbocycles. The van der Waals surface area contributed by atoms with Crippen molar-refractivity contribution in [1.29, 1.82) is 0 Å². The summed E-state index contributed by atoms with van der Waals surface area (Å²) in [6.07, 6.45) is 1.98. The molecule has 166 valence electrons. The molecule has 2 atom stereocenters. The standard InChI is InChI=1S/C22H24F3N3O3/c23-22(24,25)14-7-8-18(27-10-3-4-11-27)17(13-14)26-19(29)9-12-28-20(30)15-5-1-2-6-16(15)21(28)31/h1-2,7-8,13,15-16H,3-6,9-12H2,(H,26,29)/t15-,16-/m0/s1. The first-order valence-electron chi connectivity index (χ1n) is 10.5. The van der Waals surface area contributed by atoms with Gasteiger partial charge in [0.1, 0.15) is 0 Å². The Morgan fingerprint density at radius 2 is 1.65 bits per heavy atom. The number of allylic oxidation sites excluding steroid dienone is 2. The summed E-state index contributed by atoms with van der Waals surface area (Å²) in [5, 5.41) is 2.57.